The molecule has 2 fully saturated rings. The molecule has 0 radical (unpaired) electrons. The van der Waals surface area contributed by atoms with Crippen molar-refractivity contribution in [1.29, 1.82) is 0 Å². The predicted molar refractivity (Wildman–Crippen MR) is 153 cm³/mol. The average Bonchev–Trinajstić information content (AvgIpc) is 3.77. The smallest absolute Gasteiger partial charge is 0.251 e. The molecule has 0 spiro atoms. The van der Waals surface area contributed by atoms with E-state index in [1.54, 1.807) is 0 Å². The van der Waals surface area contributed by atoms with Gasteiger partial charge in [0.15, 0.2) is 5.78 Å². The van der Waals surface area contributed by atoms with E-state index in [1.165, 1.54) is 29.5 Å². The number of carbonyl (C=O) groups is 2. The lowest BCUT2D eigenvalue weighted by Gasteiger charge is -2.53. The Kier molecular flexibility index (Phi) is 6.69. The second-order valence-electron chi connectivity index (χ2n) is 11.9. The molecule has 0 aromatic heterocycles. The summed E-state index contributed by atoms with van der Waals surface area (Å²) in [6, 6.07) is 24.8. The molecule has 4 nitrogen and oxygen atoms in total. The minimum absolute atomic E-state index is 0.0247. The second kappa shape index (κ2) is 10.1. The number of hydrogen-bond acceptors (Lipinski definition) is 3. The SMILES string of the molecule is C[C@H]1[C@@H]2C(=O)c3ccc(C(=O)NCCCc4ccc(-c5ccccc5)cc4)cc3[C@@]1(C)CCN2CC1CC1. The summed E-state index contributed by atoms with van der Waals surface area (Å²) in [5.41, 5.74) is 6.20. The van der Waals surface area contributed by atoms with Gasteiger partial charge in [0, 0.05) is 24.2 Å². The number of nitrogens with zero attached hydrogens (tertiary/aromatic N) is 1. The van der Waals surface area contributed by atoms with Gasteiger partial charge in [-0.2, -0.15) is 0 Å². The van der Waals surface area contributed by atoms with Crippen LogP contribution in [0.1, 0.15) is 71.4 Å². The number of amides is 1. The third-order valence-corrected chi connectivity index (χ3v) is 9.40. The van der Waals surface area contributed by atoms with E-state index < -0.39 is 0 Å². The molecule has 3 aromatic carbocycles. The van der Waals surface area contributed by atoms with Crippen LogP contribution in [0.15, 0.2) is 72.8 Å². The fourth-order valence-electron chi connectivity index (χ4n) is 6.64. The molecule has 4 heteroatoms. The van der Waals surface area contributed by atoms with Gasteiger partial charge in [-0.25, -0.2) is 0 Å². The molecule has 3 atom stereocenters. The van der Waals surface area contributed by atoms with Gasteiger partial charge in [0.05, 0.1) is 6.04 Å². The highest BCUT2D eigenvalue weighted by Gasteiger charge is 2.53. The second-order valence-corrected chi connectivity index (χ2v) is 11.9. The Balaban J connectivity index is 1.08. The number of fused-ring (bicyclic) bond motifs is 4. The number of hydrogen-bond donors (Lipinski definition) is 1. The topological polar surface area (TPSA) is 49.4 Å². The Hall–Kier alpha value is -3.24. The summed E-state index contributed by atoms with van der Waals surface area (Å²) >= 11 is 0. The lowest BCUT2D eigenvalue weighted by molar-refractivity contribution is 0.0265. The summed E-state index contributed by atoms with van der Waals surface area (Å²) in [5, 5.41) is 3.11. The summed E-state index contributed by atoms with van der Waals surface area (Å²) in [6.07, 6.45) is 5.44. The molecule has 1 N–H and O–H groups in total. The Morgan fingerprint density at radius 2 is 1.74 bits per heavy atom. The number of rotatable bonds is 8. The van der Waals surface area contributed by atoms with Crippen LogP contribution in [0.25, 0.3) is 11.1 Å². The van der Waals surface area contributed by atoms with E-state index in [0.717, 1.165) is 49.4 Å². The van der Waals surface area contributed by atoms with Gasteiger partial charge in [-0.05, 0) is 90.3 Å². The molecule has 1 heterocycles. The third kappa shape index (κ3) is 4.71. The van der Waals surface area contributed by atoms with Gasteiger partial charge in [-0.1, -0.05) is 74.5 Å². The quantitative estimate of drug-likeness (QED) is 0.365. The molecule has 3 aliphatic rings. The summed E-state index contributed by atoms with van der Waals surface area (Å²) in [4.78, 5) is 29.1. The van der Waals surface area contributed by atoms with Gasteiger partial charge in [-0.15, -0.1) is 0 Å². The molecule has 1 aliphatic heterocycles. The zero-order valence-corrected chi connectivity index (χ0v) is 22.6. The van der Waals surface area contributed by atoms with Gasteiger partial charge in [0.1, 0.15) is 0 Å². The van der Waals surface area contributed by atoms with Gasteiger partial charge >= 0.3 is 0 Å². The van der Waals surface area contributed by atoms with Crippen molar-refractivity contribution in [2.24, 2.45) is 11.8 Å². The maximum Gasteiger partial charge on any atom is 0.251 e. The summed E-state index contributed by atoms with van der Waals surface area (Å²) in [5.74, 6) is 1.22. The van der Waals surface area contributed by atoms with Crippen LogP contribution in [0.5, 0.6) is 0 Å². The molecule has 1 saturated carbocycles. The van der Waals surface area contributed by atoms with Crippen LogP contribution >= 0.6 is 0 Å². The minimum atomic E-state index is -0.0733. The molecule has 2 aliphatic carbocycles. The third-order valence-electron chi connectivity index (χ3n) is 9.40. The molecular formula is C34H38N2O2. The fourth-order valence-corrected chi connectivity index (χ4v) is 6.64. The van der Waals surface area contributed by atoms with Crippen molar-refractivity contribution in [3.63, 3.8) is 0 Å². The van der Waals surface area contributed by atoms with Crippen molar-refractivity contribution in [3.8, 4) is 11.1 Å². The van der Waals surface area contributed by atoms with Gasteiger partial charge in [0.2, 0.25) is 0 Å². The first-order chi connectivity index (χ1) is 18.4. The average molecular weight is 507 g/mol. The molecule has 196 valence electrons. The summed E-state index contributed by atoms with van der Waals surface area (Å²) < 4.78 is 0. The van der Waals surface area contributed by atoms with Crippen LogP contribution < -0.4 is 5.32 Å². The molecule has 1 saturated heterocycles. The number of nitrogens with one attached hydrogen (secondary N) is 1. The maximum atomic E-state index is 13.6. The first kappa shape index (κ1) is 25.1. The number of piperidine rings is 1. The van der Waals surface area contributed by atoms with Crippen LogP contribution in [0.2, 0.25) is 0 Å². The first-order valence-corrected chi connectivity index (χ1v) is 14.3. The first-order valence-electron chi connectivity index (χ1n) is 14.3. The van der Waals surface area contributed by atoms with Crippen LogP contribution in [-0.2, 0) is 11.8 Å². The number of Topliss-reactive ketones (excluding diaryl/α,β-unsaturated/α-hetero) is 1. The predicted octanol–water partition coefficient (Wildman–Crippen LogP) is 6.29. The van der Waals surface area contributed by atoms with Crippen molar-refractivity contribution in [3.05, 3.63) is 95.1 Å². The minimum Gasteiger partial charge on any atom is -0.352 e. The van der Waals surface area contributed by atoms with E-state index >= 15 is 0 Å². The van der Waals surface area contributed by atoms with E-state index in [9.17, 15) is 9.59 Å². The Bertz CT molecular complexity index is 1330. The number of ketones is 1. The number of aryl methyl sites for hydroxylation is 1. The van der Waals surface area contributed by atoms with Gasteiger partial charge in [0.25, 0.3) is 5.91 Å². The van der Waals surface area contributed by atoms with Crippen molar-refractivity contribution >= 4 is 11.7 Å². The molecule has 6 rings (SSSR count). The largest absolute Gasteiger partial charge is 0.352 e. The standard InChI is InChI=1S/C34H38N2O2/c1-23-31-32(37)29-17-16-28(21-30(29)34(23,2)18-20-36(31)22-25-10-11-25)33(38)35-19-6-7-24-12-14-27(15-13-24)26-8-4-3-5-9-26/h3-5,8-9,12-17,21,23,25,31H,6-7,10-11,18-20,22H2,1-2H3,(H,35,38)/t23-,31+,34-/m0/s1. The normalized spacial score (nSPS) is 24.6. The van der Waals surface area contributed by atoms with Crippen LogP contribution in [0.3, 0.4) is 0 Å². The molecule has 3 aromatic rings. The molecule has 1 amide bonds. The van der Waals surface area contributed by atoms with Crippen molar-refractivity contribution < 1.29 is 9.59 Å². The number of benzene rings is 3. The lowest BCUT2D eigenvalue weighted by Crippen LogP contribution is -2.61. The Labute approximate surface area is 226 Å². The Morgan fingerprint density at radius 3 is 2.47 bits per heavy atom. The van der Waals surface area contributed by atoms with E-state index in [4.69, 9.17) is 0 Å². The highest BCUT2D eigenvalue weighted by Crippen LogP contribution is 2.49. The van der Waals surface area contributed by atoms with Gasteiger partial charge < -0.3 is 5.32 Å². The summed E-state index contributed by atoms with van der Waals surface area (Å²) in [6.45, 7) is 7.19. The fraction of sp³-hybridized carbons (Fsp3) is 0.412. The monoisotopic (exact) mass is 506 g/mol. The lowest BCUT2D eigenvalue weighted by atomic mass is 9.58. The van der Waals surface area contributed by atoms with E-state index in [1.807, 2.05) is 24.3 Å². The summed E-state index contributed by atoms with van der Waals surface area (Å²) in [7, 11) is 0. The van der Waals surface area contributed by atoms with Crippen LogP contribution in [-0.4, -0.2) is 42.3 Å². The van der Waals surface area contributed by atoms with Crippen molar-refractivity contribution in [2.75, 3.05) is 19.6 Å². The highest BCUT2D eigenvalue weighted by atomic mass is 16.1. The van der Waals surface area contributed by atoms with Crippen molar-refractivity contribution in [2.45, 2.75) is 57.4 Å². The van der Waals surface area contributed by atoms with E-state index in [2.05, 4.69) is 72.6 Å². The molecule has 2 bridgehead atoms. The molecule has 38 heavy (non-hydrogen) atoms. The van der Waals surface area contributed by atoms with Gasteiger partial charge in [-0.3, -0.25) is 14.5 Å². The zero-order valence-electron chi connectivity index (χ0n) is 22.6. The van der Waals surface area contributed by atoms with Crippen LogP contribution in [0, 0.1) is 11.8 Å². The zero-order chi connectivity index (χ0) is 26.3. The van der Waals surface area contributed by atoms with E-state index in [-0.39, 0.29) is 29.1 Å². The highest BCUT2D eigenvalue weighted by molar-refractivity contribution is 6.05. The van der Waals surface area contributed by atoms with Crippen LogP contribution in [0.4, 0.5) is 0 Å². The van der Waals surface area contributed by atoms with E-state index in [0.29, 0.717) is 12.1 Å². The number of carbonyl (C=O) groups excluding carboxylic acids is 2. The maximum absolute atomic E-state index is 13.6. The Morgan fingerprint density at radius 1 is 1.00 bits per heavy atom. The van der Waals surface area contributed by atoms with Crippen molar-refractivity contribution in [1.82, 2.24) is 10.2 Å². The molecular weight excluding hydrogens is 468 g/mol. The molecule has 0 unspecified atom stereocenters. The number of likely N-dealkylation sites (tertiary alicyclic amines) is 1.